The average Bonchev–Trinajstić information content (AvgIpc) is 2.89. The van der Waals surface area contributed by atoms with Gasteiger partial charge in [-0.1, -0.05) is 17.7 Å². The van der Waals surface area contributed by atoms with Crippen LogP contribution in [0.25, 0.3) is 0 Å². The summed E-state index contributed by atoms with van der Waals surface area (Å²) in [5.41, 5.74) is 2.54. The van der Waals surface area contributed by atoms with E-state index in [1.807, 2.05) is 38.1 Å². The molecule has 19 heavy (non-hydrogen) atoms. The first kappa shape index (κ1) is 13.7. The number of nitrogens with one attached hydrogen (secondary N) is 1. The number of carbonyl (C=O) groups is 1. The van der Waals surface area contributed by atoms with Crippen LogP contribution in [0.5, 0.6) is 0 Å². The van der Waals surface area contributed by atoms with Crippen molar-refractivity contribution in [3.8, 4) is 0 Å². The van der Waals surface area contributed by atoms with Crippen LogP contribution in [0.2, 0.25) is 0 Å². The monoisotopic (exact) mass is 276 g/mol. The lowest BCUT2D eigenvalue weighted by Crippen LogP contribution is -2.18. The first-order valence-corrected chi connectivity index (χ1v) is 6.91. The van der Waals surface area contributed by atoms with Crippen molar-refractivity contribution in [3.63, 3.8) is 0 Å². The standard InChI is InChI=1S/C14H16N2O2S/c1-9-3-5-11(6-4-9)15-13(18)10(2)14-16-12(7-17)8-19-14/h3-6,8,10,17H,7H2,1-2H3,(H,15,18). The molecule has 4 nitrogen and oxygen atoms in total. The summed E-state index contributed by atoms with van der Waals surface area (Å²) in [5.74, 6) is -0.422. The fraction of sp³-hybridized carbons (Fsp3) is 0.286. The summed E-state index contributed by atoms with van der Waals surface area (Å²) in [6, 6.07) is 7.66. The van der Waals surface area contributed by atoms with Gasteiger partial charge in [-0.2, -0.15) is 0 Å². The molecule has 1 aromatic carbocycles. The van der Waals surface area contributed by atoms with Gasteiger partial charge in [-0.15, -0.1) is 11.3 Å². The predicted octanol–water partition coefficient (Wildman–Crippen LogP) is 2.69. The Labute approximate surface area is 116 Å². The van der Waals surface area contributed by atoms with Gasteiger partial charge in [0, 0.05) is 11.1 Å². The molecule has 1 atom stereocenters. The summed E-state index contributed by atoms with van der Waals surface area (Å²) in [4.78, 5) is 16.3. The summed E-state index contributed by atoms with van der Waals surface area (Å²) in [6.07, 6.45) is 0. The van der Waals surface area contributed by atoms with Crippen molar-refractivity contribution in [1.82, 2.24) is 4.98 Å². The van der Waals surface area contributed by atoms with Crippen molar-refractivity contribution in [1.29, 1.82) is 0 Å². The van der Waals surface area contributed by atoms with Crippen molar-refractivity contribution in [2.75, 3.05) is 5.32 Å². The van der Waals surface area contributed by atoms with Crippen LogP contribution in [0.4, 0.5) is 5.69 Å². The minimum absolute atomic E-state index is 0.0944. The van der Waals surface area contributed by atoms with Gasteiger partial charge in [0.2, 0.25) is 5.91 Å². The third kappa shape index (κ3) is 3.39. The maximum absolute atomic E-state index is 12.1. The van der Waals surface area contributed by atoms with Crippen LogP contribution in [0.3, 0.4) is 0 Å². The highest BCUT2D eigenvalue weighted by Gasteiger charge is 2.18. The number of amides is 1. The maximum atomic E-state index is 12.1. The molecule has 1 aromatic heterocycles. The number of hydrogen-bond acceptors (Lipinski definition) is 4. The maximum Gasteiger partial charge on any atom is 0.234 e. The molecule has 1 amide bonds. The van der Waals surface area contributed by atoms with Crippen molar-refractivity contribution >= 4 is 22.9 Å². The van der Waals surface area contributed by atoms with Gasteiger partial charge in [0.05, 0.1) is 18.2 Å². The Hall–Kier alpha value is -1.72. The summed E-state index contributed by atoms with van der Waals surface area (Å²) >= 11 is 1.39. The Kier molecular flexibility index (Phi) is 4.29. The van der Waals surface area contributed by atoms with Crippen molar-refractivity contribution < 1.29 is 9.90 Å². The van der Waals surface area contributed by atoms with Crippen LogP contribution in [-0.2, 0) is 11.4 Å². The number of hydrogen-bond donors (Lipinski definition) is 2. The van der Waals surface area contributed by atoms with E-state index in [1.165, 1.54) is 11.3 Å². The minimum Gasteiger partial charge on any atom is -0.390 e. The molecule has 0 aliphatic rings. The van der Waals surface area contributed by atoms with Crippen LogP contribution in [0, 0.1) is 6.92 Å². The highest BCUT2D eigenvalue weighted by atomic mass is 32.1. The Morgan fingerprint density at radius 2 is 2.11 bits per heavy atom. The van der Waals surface area contributed by atoms with Gasteiger partial charge in [0.25, 0.3) is 0 Å². The molecule has 2 rings (SSSR count). The van der Waals surface area contributed by atoms with Crippen LogP contribution >= 0.6 is 11.3 Å². The molecular formula is C14H16N2O2S. The molecule has 5 heteroatoms. The minimum atomic E-state index is -0.327. The molecule has 0 radical (unpaired) electrons. The van der Waals surface area contributed by atoms with Crippen LogP contribution in [-0.4, -0.2) is 16.0 Å². The predicted molar refractivity (Wildman–Crippen MR) is 76.3 cm³/mol. The number of thiazole rings is 1. The molecular weight excluding hydrogens is 260 g/mol. The van der Waals surface area contributed by atoms with E-state index >= 15 is 0 Å². The third-order valence-electron chi connectivity index (χ3n) is 2.81. The molecule has 0 aliphatic carbocycles. The zero-order valence-electron chi connectivity index (χ0n) is 10.9. The highest BCUT2D eigenvalue weighted by Crippen LogP contribution is 2.22. The average molecular weight is 276 g/mol. The van der Waals surface area contributed by atoms with Gasteiger partial charge >= 0.3 is 0 Å². The van der Waals surface area contributed by atoms with E-state index in [-0.39, 0.29) is 18.4 Å². The second-order valence-corrected chi connectivity index (χ2v) is 5.30. The molecule has 0 bridgehead atoms. The molecule has 0 spiro atoms. The number of aliphatic hydroxyl groups is 1. The quantitative estimate of drug-likeness (QED) is 0.902. The van der Waals surface area contributed by atoms with Crippen LogP contribution in [0.1, 0.15) is 29.1 Å². The number of aromatic nitrogens is 1. The van der Waals surface area contributed by atoms with E-state index in [1.54, 1.807) is 5.38 Å². The van der Waals surface area contributed by atoms with E-state index in [4.69, 9.17) is 5.11 Å². The number of anilines is 1. The molecule has 0 fully saturated rings. The van der Waals surface area contributed by atoms with Gasteiger partial charge in [0.1, 0.15) is 5.01 Å². The van der Waals surface area contributed by atoms with Crippen LogP contribution in [0.15, 0.2) is 29.6 Å². The van der Waals surface area contributed by atoms with E-state index in [2.05, 4.69) is 10.3 Å². The van der Waals surface area contributed by atoms with Crippen molar-refractivity contribution in [2.24, 2.45) is 0 Å². The summed E-state index contributed by atoms with van der Waals surface area (Å²) in [5, 5.41) is 14.3. The van der Waals surface area contributed by atoms with Gasteiger partial charge in [-0.05, 0) is 26.0 Å². The molecule has 1 unspecified atom stereocenters. The summed E-state index contributed by atoms with van der Waals surface area (Å²) < 4.78 is 0. The smallest absolute Gasteiger partial charge is 0.234 e. The fourth-order valence-electron chi connectivity index (χ4n) is 1.59. The van der Waals surface area contributed by atoms with Crippen LogP contribution < -0.4 is 5.32 Å². The van der Waals surface area contributed by atoms with E-state index in [9.17, 15) is 4.79 Å². The highest BCUT2D eigenvalue weighted by molar-refractivity contribution is 7.09. The Bertz CT molecular complexity index is 563. The summed E-state index contributed by atoms with van der Waals surface area (Å²) in [6.45, 7) is 3.71. The molecule has 2 aromatic rings. The molecule has 1 heterocycles. The number of aliphatic hydroxyl groups excluding tert-OH is 1. The molecule has 0 aliphatic heterocycles. The first-order valence-electron chi connectivity index (χ1n) is 6.03. The lowest BCUT2D eigenvalue weighted by atomic mass is 10.1. The Balaban J connectivity index is 2.04. The van der Waals surface area contributed by atoms with E-state index in [0.717, 1.165) is 11.3 Å². The lowest BCUT2D eigenvalue weighted by Gasteiger charge is -2.10. The fourth-order valence-corrected chi connectivity index (χ4v) is 2.46. The van der Waals surface area contributed by atoms with Gasteiger partial charge in [-0.3, -0.25) is 4.79 Å². The normalized spacial score (nSPS) is 12.2. The zero-order chi connectivity index (χ0) is 13.8. The third-order valence-corrected chi connectivity index (χ3v) is 3.89. The van der Waals surface area contributed by atoms with Gasteiger partial charge < -0.3 is 10.4 Å². The van der Waals surface area contributed by atoms with Gasteiger partial charge in [-0.25, -0.2) is 4.98 Å². The second kappa shape index (κ2) is 5.95. The number of benzene rings is 1. The Morgan fingerprint density at radius 3 is 2.68 bits per heavy atom. The molecule has 2 N–H and O–H groups in total. The van der Waals surface area contributed by atoms with E-state index < -0.39 is 0 Å². The second-order valence-electron chi connectivity index (χ2n) is 4.41. The molecule has 0 saturated heterocycles. The first-order chi connectivity index (χ1) is 9.10. The zero-order valence-corrected chi connectivity index (χ0v) is 11.7. The van der Waals surface area contributed by atoms with Crippen molar-refractivity contribution in [2.45, 2.75) is 26.4 Å². The Morgan fingerprint density at radius 1 is 1.42 bits per heavy atom. The molecule has 100 valence electrons. The summed E-state index contributed by atoms with van der Waals surface area (Å²) in [7, 11) is 0. The topological polar surface area (TPSA) is 62.2 Å². The van der Waals surface area contributed by atoms with Gasteiger partial charge in [0.15, 0.2) is 0 Å². The number of carbonyl (C=O) groups excluding carboxylic acids is 1. The lowest BCUT2D eigenvalue weighted by molar-refractivity contribution is -0.117. The largest absolute Gasteiger partial charge is 0.390 e. The SMILES string of the molecule is Cc1ccc(NC(=O)C(C)c2nc(CO)cs2)cc1. The number of aryl methyl sites for hydroxylation is 1. The van der Waals surface area contributed by atoms with Crippen molar-refractivity contribution in [3.05, 3.63) is 45.9 Å². The van der Waals surface area contributed by atoms with E-state index in [0.29, 0.717) is 10.7 Å². The number of rotatable bonds is 4. The molecule has 0 saturated carbocycles. The number of nitrogens with zero attached hydrogens (tertiary/aromatic N) is 1.